The molecular formula is C17H23N3OS. The van der Waals surface area contributed by atoms with Crippen LogP contribution >= 0.6 is 11.3 Å². The molecule has 0 spiro atoms. The molecule has 0 bridgehead atoms. The summed E-state index contributed by atoms with van der Waals surface area (Å²) in [6.07, 6.45) is 2.14. The smallest absolute Gasteiger partial charge is 0.226 e. The molecule has 5 heteroatoms. The number of carbonyl (C=O) groups excluding carboxylic acids is 1. The Balaban J connectivity index is 1.91. The van der Waals surface area contributed by atoms with E-state index in [-0.39, 0.29) is 11.9 Å². The van der Waals surface area contributed by atoms with E-state index >= 15 is 0 Å². The fourth-order valence-electron chi connectivity index (χ4n) is 2.07. The number of amides is 1. The number of rotatable bonds is 7. The third-order valence-corrected chi connectivity index (χ3v) is 4.36. The van der Waals surface area contributed by atoms with Crippen molar-refractivity contribution in [2.24, 2.45) is 5.73 Å². The Morgan fingerprint density at radius 1 is 1.36 bits per heavy atom. The van der Waals surface area contributed by atoms with Crippen LogP contribution in [0.1, 0.15) is 31.5 Å². The van der Waals surface area contributed by atoms with Crippen LogP contribution in [0.4, 0.5) is 0 Å². The fourth-order valence-corrected chi connectivity index (χ4v) is 2.90. The first kappa shape index (κ1) is 16.6. The number of hydrogen-bond acceptors (Lipinski definition) is 4. The number of nitrogens with two attached hydrogens (primary N) is 1. The van der Waals surface area contributed by atoms with E-state index in [1.807, 2.05) is 12.3 Å². The monoisotopic (exact) mass is 317 g/mol. The van der Waals surface area contributed by atoms with Crippen LogP contribution in [0.3, 0.4) is 0 Å². The summed E-state index contributed by atoms with van der Waals surface area (Å²) in [7, 11) is 0. The molecule has 0 aliphatic rings. The highest BCUT2D eigenvalue weighted by atomic mass is 32.1. The molecule has 1 aromatic carbocycles. The van der Waals surface area contributed by atoms with Gasteiger partial charge in [0.15, 0.2) is 0 Å². The number of aryl methyl sites for hydroxylation is 1. The van der Waals surface area contributed by atoms with Gasteiger partial charge in [0.1, 0.15) is 5.01 Å². The standard InChI is InChI=1S/C17H23N3OS/c1-3-13-4-6-14(7-5-13)17-20-15(11-22-17)10-16(21)19-9-8-12(2)18/h4-7,11-12H,3,8-10,18H2,1-2H3,(H,19,21). The molecule has 2 rings (SSSR count). The summed E-state index contributed by atoms with van der Waals surface area (Å²) in [5.74, 6) is -0.00108. The lowest BCUT2D eigenvalue weighted by Gasteiger charge is -2.06. The zero-order valence-electron chi connectivity index (χ0n) is 13.1. The number of hydrogen-bond donors (Lipinski definition) is 2. The molecule has 0 fully saturated rings. The van der Waals surface area contributed by atoms with Gasteiger partial charge in [0.05, 0.1) is 12.1 Å². The second-order valence-corrected chi connectivity index (χ2v) is 6.35. The van der Waals surface area contributed by atoms with Crippen LogP contribution < -0.4 is 11.1 Å². The predicted molar refractivity (Wildman–Crippen MR) is 91.9 cm³/mol. The first-order chi connectivity index (χ1) is 10.6. The summed E-state index contributed by atoms with van der Waals surface area (Å²) < 4.78 is 0. The van der Waals surface area contributed by atoms with E-state index in [2.05, 4.69) is 41.5 Å². The van der Waals surface area contributed by atoms with Gasteiger partial charge in [-0.2, -0.15) is 0 Å². The molecule has 0 radical (unpaired) electrons. The van der Waals surface area contributed by atoms with E-state index in [0.717, 1.165) is 29.1 Å². The molecule has 1 unspecified atom stereocenters. The van der Waals surface area contributed by atoms with Crippen LogP contribution in [0, 0.1) is 0 Å². The topological polar surface area (TPSA) is 68.0 Å². The van der Waals surface area contributed by atoms with Crippen molar-refractivity contribution in [3.8, 4) is 10.6 Å². The molecule has 4 nitrogen and oxygen atoms in total. The summed E-state index contributed by atoms with van der Waals surface area (Å²) in [6.45, 7) is 4.69. The van der Waals surface area contributed by atoms with Crippen LogP contribution in [-0.2, 0) is 17.6 Å². The number of thiazole rings is 1. The van der Waals surface area contributed by atoms with Gasteiger partial charge in [-0.3, -0.25) is 4.79 Å². The molecule has 1 aromatic heterocycles. The minimum Gasteiger partial charge on any atom is -0.356 e. The largest absolute Gasteiger partial charge is 0.356 e. The van der Waals surface area contributed by atoms with Crippen molar-refractivity contribution >= 4 is 17.2 Å². The number of benzene rings is 1. The highest BCUT2D eigenvalue weighted by molar-refractivity contribution is 7.13. The molecule has 118 valence electrons. The molecule has 0 saturated carbocycles. The Morgan fingerprint density at radius 3 is 2.73 bits per heavy atom. The number of aromatic nitrogens is 1. The summed E-state index contributed by atoms with van der Waals surface area (Å²) >= 11 is 1.58. The second-order valence-electron chi connectivity index (χ2n) is 5.49. The maximum absolute atomic E-state index is 11.8. The van der Waals surface area contributed by atoms with Crippen LogP contribution in [0.2, 0.25) is 0 Å². The lowest BCUT2D eigenvalue weighted by atomic mass is 10.1. The highest BCUT2D eigenvalue weighted by Gasteiger charge is 2.09. The summed E-state index contributed by atoms with van der Waals surface area (Å²) in [4.78, 5) is 16.4. The van der Waals surface area contributed by atoms with Crippen LogP contribution in [0.5, 0.6) is 0 Å². The van der Waals surface area contributed by atoms with Crippen LogP contribution in [0.15, 0.2) is 29.6 Å². The maximum Gasteiger partial charge on any atom is 0.226 e. The molecule has 22 heavy (non-hydrogen) atoms. The number of carbonyl (C=O) groups is 1. The lowest BCUT2D eigenvalue weighted by Crippen LogP contribution is -2.30. The van der Waals surface area contributed by atoms with E-state index in [0.29, 0.717) is 13.0 Å². The maximum atomic E-state index is 11.8. The number of nitrogens with zero attached hydrogens (tertiary/aromatic N) is 1. The van der Waals surface area contributed by atoms with Gasteiger partial charge in [0, 0.05) is 23.5 Å². The average molecular weight is 317 g/mol. The Morgan fingerprint density at radius 2 is 2.09 bits per heavy atom. The fraction of sp³-hybridized carbons (Fsp3) is 0.412. The molecule has 2 aromatic rings. The molecule has 3 N–H and O–H groups in total. The van der Waals surface area contributed by atoms with Gasteiger partial charge >= 0.3 is 0 Å². The van der Waals surface area contributed by atoms with Crippen LogP contribution in [-0.4, -0.2) is 23.5 Å². The Hall–Kier alpha value is -1.72. The Labute approximate surface area is 135 Å². The zero-order valence-corrected chi connectivity index (χ0v) is 14.0. The highest BCUT2D eigenvalue weighted by Crippen LogP contribution is 2.24. The van der Waals surface area contributed by atoms with Gasteiger partial charge < -0.3 is 11.1 Å². The quantitative estimate of drug-likeness (QED) is 0.825. The van der Waals surface area contributed by atoms with Crippen LogP contribution in [0.25, 0.3) is 10.6 Å². The number of nitrogens with one attached hydrogen (secondary N) is 1. The summed E-state index contributed by atoms with van der Waals surface area (Å²) in [5.41, 5.74) is 8.89. The van der Waals surface area contributed by atoms with Crippen molar-refractivity contribution in [1.82, 2.24) is 10.3 Å². The Kier molecular flexibility index (Phi) is 6.10. The third kappa shape index (κ3) is 4.93. The first-order valence-electron chi connectivity index (χ1n) is 7.64. The Bertz CT molecular complexity index is 605. The van der Waals surface area contributed by atoms with Crippen molar-refractivity contribution < 1.29 is 4.79 Å². The molecule has 0 aliphatic heterocycles. The molecule has 1 heterocycles. The molecule has 0 saturated heterocycles. The summed E-state index contributed by atoms with van der Waals surface area (Å²) in [5, 5.41) is 5.78. The molecule has 0 aliphatic carbocycles. The zero-order chi connectivity index (χ0) is 15.9. The second kappa shape index (κ2) is 8.06. The lowest BCUT2D eigenvalue weighted by molar-refractivity contribution is -0.120. The average Bonchev–Trinajstić information content (AvgIpc) is 2.95. The molecule has 1 atom stereocenters. The molecular weight excluding hydrogens is 294 g/mol. The normalized spacial score (nSPS) is 12.1. The van der Waals surface area contributed by atoms with Crippen molar-refractivity contribution in [3.63, 3.8) is 0 Å². The van der Waals surface area contributed by atoms with Gasteiger partial charge in [-0.15, -0.1) is 11.3 Å². The van der Waals surface area contributed by atoms with E-state index in [1.54, 1.807) is 11.3 Å². The van der Waals surface area contributed by atoms with E-state index in [9.17, 15) is 4.79 Å². The van der Waals surface area contributed by atoms with Crippen molar-refractivity contribution in [1.29, 1.82) is 0 Å². The van der Waals surface area contributed by atoms with Gasteiger partial charge in [-0.05, 0) is 25.3 Å². The van der Waals surface area contributed by atoms with Gasteiger partial charge in [-0.1, -0.05) is 31.2 Å². The van der Waals surface area contributed by atoms with Crippen molar-refractivity contribution in [2.45, 2.75) is 39.2 Å². The van der Waals surface area contributed by atoms with Gasteiger partial charge in [0.2, 0.25) is 5.91 Å². The predicted octanol–water partition coefficient (Wildman–Crippen LogP) is 2.77. The third-order valence-electron chi connectivity index (χ3n) is 3.42. The van der Waals surface area contributed by atoms with Gasteiger partial charge in [0.25, 0.3) is 0 Å². The minimum absolute atomic E-state index is 0.00108. The van der Waals surface area contributed by atoms with E-state index in [4.69, 9.17) is 5.73 Å². The van der Waals surface area contributed by atoms with E-state index in [1.165, 1.54) is 5.56 Å². The minimum atomic E-state index is -0.00108. The SMILES string of the molecule is CCc1ccc(-c2nc(CC(=O)NCCC(C)N)cs2)cc1. The molecule has 1 amide bonds. The van der Waals surface area contributed by atoms with Crippen molar-refractivity contribution in [2.75, 3.05) is 6.54 Å². The summed E-state index contributed by atoms with van der Waals surface area (Å²) in [6, 6.07) is 8.53. The van der Waals surface area contributed by atoms with E-state index < -0.39 is 0 Å². The van der Waals surface area contributed by atoms with Crippen molar-refractivity contribution in [3.05, 3.63) is 40.9 Å². The first-order valence-corrected chi connectivity index (χ1v) is 8.52. The van der Waals surface area contributed by atoms with Gasteiger partial charge in [-0.25, -0.2) is 4.98 Å².